The van der Waals surface area contributed by atoms with Gasteiger partial charge in [-0.25, -0.2) is 9.40 Å². The summed E-state index contributed by atoms with van der Waals surface area (Å²) in [6.45, 7) is 1.33. The Hall–Kier alpha value is -1.90. The molecular weight excluding hydrogens is 259 g/mol. The Bertz CT molecular complexity index is 543. The highest BCUT2D eigenvalue weighted by Gasteiger charge is 2.15. The number of nitrogens with one attached hydrogen (secondary N) is 1. The Morgan fingerprint density at radius 1 is 1.35 bits per heavy atom. The first kappa shape index (κ1) is 14.5. The van der Waals surface area contributed by atoms with Crippen LogP contribution in [0, 0.1) is 17.7 Å². The molecule has 2 N–H and O–H groups in total. The summed E-state index contributed by atoms with van der Waals surface area (Å²) in [5, 5.41) is 10.4. The lowest BCUT2D eigenvalue weighted by molar-refractivity contribution is 0.0749. The normalized spacial score (nSPS) is 15.3. The van der Waals surface area contributed by atoms with Gasteiger partial charge in [-0.05, 0) is 31.0 Å². The zero-order valence-electron chi connectivity index (χ0n) is 11.2. The minimum Gasteiger partial charge on any atom is -0.384 e. The van der Waals surface area contributed by atoms with E-state index >= 15 is 0 Å². The van der Waals surface area contributed by atoms with Crippen LogP contribution in [0.5, 0.6) is 0 Å². The lowest BCUT2D eigenvalue weighted by Crippen LogP contribution is -2.45. The number of aliphatic hydroxyl groups excluding tert-OH is 1. The van der Waals surface area contributed by atoms with Crippen molar-refractivity contribution in [2.45, 2.75) is 19.3 Å². The average molecular weight is 276 g/mol. The SMILES string of the molecule is O=C(NN1CCCCC1)c1ccc(C#CCO)c(F)c1. The molecule has 0 saturated carbocycles. The van der Waals surface area contributed by atoms with Gasteiger partial charge in [-0.2, -0.15) is 0 Å². The molecule has 0 spiro atoms. The molecule has 106 valence electrons. The van der Waals surface area contributed by atoms with Crippen molar-refractivity contribution in [3.8, 4) is 11.8 Å². The number of aliphatic hydroxyl groups is 1. The van der Waals surface area contributed by atoms with E-state index in [1.54, 1.807) is 0 Å². The van der Waals surface area contributed by atoms with Crippen molar-refractivity contribution in [2.24, 2.45) is 0 Å². The van der Waals surface area contributed by atoms with Crippen LogP contribution in [0.3, 0.4) is 0 Å². The standard InChI is InChI=1S/C15H17FN2O2/c16-14-11-13(7-6-12(14)5-4-10-19)15(20)17-18-8-2-1-3-9-18/h6-7,11,19H,1-3,8-10H2,(H,17,20). The van der Waals surface area contributed by atoms with Gasteiger partial charge in [-0.1, -0.05) is 18.3 Å². The molecule has 0 radical (unpaired) electrons. The molecule has 1 amide bonds. The maximum Gasteiger partial charge on any atom is 0.265 e. The maximum atomic E-state index is 13.7. The van der Waals surface area contributed by atoms with Gasteiger partial charge in [0.15, 0.2) is 0 Å². The number of hydrogen-bond acceptors (Lipinski definition) is 3. The summed E-state index contributed by atoms with van der Waals surface area (Å²) in [5.74, 6) is 4.00. The van der Waals surface area contributed by atoms with Crippen LogP contribution in [0.1, 0.15) is 35.2 Å². The number of piperidine rings is 1. The van der Waals surface area contributed by atoms with Gasteiger partial charge >= 0.3 is 0 Å². The maximum absolute atomic E-state index is 13.7. The molecule has 1 aromatic rings. The van der Waals surface area contributed by atoms with Crippen molar-refractivity contribution in [1.29, 1.82) is 0 Å². The Balaban J connectivity index is 2.04. The van der Waals surface area contributed by atoms with Crippen molar-refractivity contribution in [3.05, 3.63) is 35.1 Å². The topological polar surface area (TPSA) is 52.6 Å². The molecule has 1 fully saturated rings. The van der Waals surface area contributed by atoms with E-state index in [4.69, 9.17) is 5.11 Å². The van der Waals surface area contributed by atoms with Crippen molar-refractivity contribution < 1.29 is 14.3 Å². The van der Waals surface area contributed by atoms with Crippen LogP contribution in [0.15, 0.2) is 18.2 Å². The molecule has 20 heavy (non-hydrogen) atoms. The van der Waals surface area contributed by atoms with Crippen LogP contribution in [0.2, 0.25) is 0 Å². The molecule has 2 rings (SSSR count). The molecule has 1 aliphatic rings. The molecule has 1 heterocycles. The van der Waals surface area contributed by atoms with Crippen LogP contribution in [0.25, 0.3) is 0 Å². The monoisotopic (exact) mass is 276 g/mol. The van der Waals surface area contributed by atoms with E-state index in [-0.39, 0.29) is 23.6 Å². The van der Waals surface area contributed by atoms with Gasteiger partial charge in [0.05, 0.1) is 5.56 Å². The number of hydrogen-bond donors (Lipinski definition) is 2. The van der Waals surface area contributed by atoms with Crippen LogP contribution in [0.4, 0.5) is 4.39 Å². The van der Waals surface area contributed by atoms with E-state index in [9.17, 15) is 9.18 Å². The third-order valence-electron chi connectivity index (χ3n) is 3.15. The molecule has 0 atom stereocenters. The highest BCUT2D eigenvalue weighted by atomic mass is 19.1. The summed E-state index contributed by atoms with van der Waals surface area (Å²) in [5.41, 5.74) is 3.22. The van der Waals surface area contributed by atoms with Crippen molar-refractivity contribution in [1.82, 2.24) is 10.4 Å². The molecule has 5 heteroatoms. The summed E-state index contributed by atoms with van der Waals surface area (Å²) in [7, 11) is 0. The minimum atomic E-state index is -0.558. The fraction of sp³-hybridized carbons (Fsp3) is 0.400. The minimum absolute atomic E-state index is 0.175. The fourth-order valence-electron chi connectivity index (χ4n) is 2.11. The molecule has 0 unspecified atom stereocenters. The second-order valence-corrected chi connectivity index (χ2v) is 4.64. The van der Waals surface area contributed by atoms with Gasteiger partial charge in [0.25, 0.3) is 5.91 Å². The number of benzene rings is 1. The van der Waals surface area contributed by atoms with Gasteiger partial charge in [0.2, 0.25) is 0 Å². The third-order valence-corrected chi connectivity index (χ3v) is 3.15. The van der Waals surface area contributed by atoms with Crippen molar-refractivity contribution in [2.75, 3.05) is 19.7 Å². The predicted octanol–water partition coefficient (Wildman–Crippen LogP) is 1.30. The number of halogens is 1. The molecule has 1 aromatic carbocycles. The second kappa shape index (κ2) is 7.04. The van der Waals surface area contributed by atoms with Gasteiger partial charge in [0, 0.05) is 18.7 Å². The summed E-state index contributed by atoms with van der Waals surface area (Å²) in [6.07, 6.45) is 3.30. The molecule has 1 aliphatic heterocycles. The molecular formula is C15H17FN2O2. The first-order valence-electron chi connectivity index (χ1n) is 6.66. The van der Waals surface area contributed by atoms with E-state index in [2.05, 4.69) is 17.3 Å². The first-order chi connectivity index (χ1) is 9.70. The first-order valence-corrected chi connectivity index (χ1v) is 6.66. The number of carbonyl (C=O) groups is 1. The lowest BCUT2D eigenvalue weighted by Gasteiger charge is -2.26. The van der Waals surface area contributed by atoms with Gasteiger partial charge < -0.3 is 5.11 Å². The van der Waals surface area contributed by atoms with Crippen molar-refractivity contribution >= 4 is 5.91 Å². The highest BCUT2D eigenvalue weighted by Crippen LogP contribution is 2.11. The second-order valence-electron chi connectivity index (χ2n) is 4.64. The number of hydrazine groups is 1. The van der Waals surface area contributed by atoms with Gasteiger partial charge in [-0.3, -0.25) is 10.2 Å². The predicted molar refractivity (Wildman–Crippen MR) is 73.3 cm³/mol. The zero-order valence-corrected chi connectivity index (χ0v) is 11.2. The van der Waals surface area contributed by atoms with Crippen LogP contribution in [-0.2, 0) is 0 Å². The van der Waals surface area contributed by atoms with Crippen LogP contribution >= 0.6 is 0 Å². The van der Waals surface area contributed by atoms with Crippen LogP contribution < -0.4 is 5.43 Å². The van der Waals surface area contributed by atoms with Gasteiger partial charge in [0.1, 0.15) is 12.4 Å². The van der Waals surface area contributed by atoms with Crippen LogP contribution in [-0.4, -0.2) is 35.7 Å². The smallest absolute Gasteiger partial charge is 0.265 e. The van der Waals surface area contributed by atoms with E-state index in [1.807, 2.05) is 5.01 Å². The molecule has 0 aromatic heterocycles. The Morgan fingerprint density at radius 2 is 2.10 bits per heavy atom. The highest BCUT2D eigenvalue weighted by molar-refractivity contribution is 5.94. The number of rotatable bonds is 2. The summed E-state index contributed by atoms with van der Waals surface area (Å²) >= 11 is 0. The molecule has 0 bridgehead atoms. The summed E-state index contributed by atoms with van der Waals surface area (Å²) < 4.78 is 13.7. The number of carbonyl (C=O) groups excluding carboxylic acids is 1. The summed E-state index contributed by atoms with van der Waals surface area (Å²) in [6, 6.07) is 4.15. The fourth-order valence-corrected chi connectivity index (χ4v) is 2.11. The lowest BCUT2D eigenvalue weighted by atomic mass is 10.1. The Labute approximate surface area is 117 Å². The molecule has 1 saturated heterocycles. The molecule has 4 nitrogen and oxygen atoms in total. The quantitative estimate of drug-likeness (QED) is 0.801. The molecule has 0 aliphatic carbocycles. The number of nitrogens with zero attached hydrogens (tertiary/aromatic N) is 1. The Morgan fingerprint density at radius 3 is 2.75 bits per heavy atom. The van der Waals surface area contributed by atoms with E-state index in [0.29, 0.717) is 0 Å². The Kier molecular flexibility index (Phi) is 5.10. The number of amides is 1. The van der Waals surface area contributed by atoms with E-state index in [0.717, 1.165) is 25.9 Å². The van der Waals surface area contributed by atoms with E-state index < -0.39 is 5.82 Å². The largest absolute Gasteiger partial charge is 0.384 e. The van der Waals surface area contributed by atoms with E-state index in [1.165, 1.54) is 24.6 Å². The average Bonchev–Trinajstić information content (AvgIpc) is 2.47. The summed E-state index contributed by atoms with van der Waals surface area (Å²) in [4.78, 5) is 12.0. The zero-order chi connectivity index (χ0) is 14.4. The van der Waals surface area contributed by atoms with Crippen molar-refractivity contribution in [3.63, 3.8) is 0 Å². The van der Waals surface area contributed by atoms with Gasteiger partial charge in [-0.15, -0.1) is 0 Å². The third kappa shape index (κ3) is 3.80.